The first-order valence-electron chi connectivity index (χ1n) is 6.90. The highest BCUT2D eigenvalue weighted by molar-refractivity contribution is 6.08. The zero-order valence-electron chi connectivity index (χ0n) is 12.2. The molecule has 3 heteroatoms. The number of nitrogen functional groups attached to an aromatic ring is 1. The van der Waals surface area contributed by atoms with Crippen molar-refractivity contribution in [3.8, 4) is 5.75 Å². The molecule has 0 aliphatic rings. The summed E-state index contributed by atoms with van der Waals surface area (Å²) in [4.78, 5) is 12.3. The summed E-state index contributed by atoms with van der Waals surface area (Å²) in [7, 11) is 0. The average molecular weight is 281 g/mol. The molecule has 0 heterocycles. The molecule has 2 rings (SSSR count). The van der Waals surface area contributed by atoms with E-state index in [9.17, 15) is 4.79 Å². The van der Waals surface area contributed by atoms with E-state index in [0.29, 0.717) is 17.0 Å². The summed E-state index contributed by atoms with van der Waals surface area (Å²) in [5.41, 5.74) is 7.83. The number of benzene rings is 2. The van der Waals surface area contributed by atoms with Crippen LogP contribution in [0.4, 0.5) is 5.69 Å². The average Bonchev–Trinajstić information content (AvgIpc) is 2.46. The van der Waals surface area contributed by atoms with Crippen molar-refractivity contribution >= 4 is 17.5 Å². The molecule has 2 aromatic carbocycles. The highest BCUT2D eigenvalue weighted by atomic mass is 16.5. The van der Waals surface area contributed by atoms with E-state index in [0.717, 1.165) is 5.56 Å². The molecule has 0 aromatic heterocycles. The molecule has 0 bridgehead atoms. The summed E-state index contributed by atoms with van der Waals surface area (Å²) in [6.07, 6.45) is 3.35. The molecule has 2 N–H and O–H groups in total. The number of hydrogen-bond donors (Lipinski definition) is 1. The van der Waals surface area contributed by atoms with E-state index in [1.165, 1.54) is 0 Å². The Morgan fingerprint density at radius 1 is 1.10 bits per heavy atom. The molecular weight excluding hydrogens is 262 g/mol. The maximum Gasteiger partial charge on any atom is 0.189 e. The second kappa shape index (κ2) is 6.75. The zero-order valence-corrected chi connectivity index (χ0v) is 12.2. The number of nitrogens with two attached hydrogens (primary N) is 1. The predicted octanol–water partition coefficient (Wildman–Crippen LogP) is 3.95. The Hall–Kier alpha value is -2.55. The highest BCUT2D eigenvalue weighted by Gasteiger charge is 2.10. The maximum atomic E-state index is 12.3. The summed E-state index contributed by atoms with van der Waals surface area (Å²) >= 11 is 0. The zero-order chi connectivity index (χ0) is 15.2. The van der Waals surface area contributed by atoms with E-state index in [4.69, 9.17) is 10.5 Å². The van der Waals surface area contributed by atoms with Crippen LogP contribution in [0, 0.1) is 0 Å². The number of anilines is 1. The summed E-state index contributed by atoms with van der Waals surface area (Å²) in [6.45, 7) is 3.87. The summed E-state index contributed by atoms with van der Waals surface area (Å²) in [5, 5.41) is 0. The van der Waals surface area contributed by atoms with Crippen LogP contribution < -0.4 is 10.5 Å². The van der Waals surface area contributed by atoms with Crippen molar-refractivity contribution in [3.63, 3.8) is 0 Å². The fraction of sp³-hybridized carbons (Fsp3) is 0.167. The van der Waals surface area contributed by atoms with Gasteiger partial charge in [-0.15, -0.1) is 0 Å². The van der Waals surface area contributed by atoms with Crippen LogP contribution in [0.25, 0.3) is 6.08 Å². The first kappa shape index (κ1) is 14.9. The van der Waals surface area contributed by atoms with Gasteiger partial charge >= 0.3 is 0 Å². The van der Waals surface area contributed by atoms with Crippen molar-refractivity contribution in [2.45, 2.75) is 20.0 Å². The molecular formula is C18H19NO2. The Labute approximate surface area is 125 Å². The fourth-order valence-electron chi connectivity index (χ4n) is 1.90. The molecule has 0 spiro atoms. The normalized spacial score (nSPS) is 11.0. The Morgan fingerprint density at radius 2 is 1.76 bits per heavy atom. The van der Waals surface area contributed by atoms with Crippen molar-refractivity contribution in [1.82, 2.24) is 0 Å². The minimum atomic E-state index is -0.0805. The van der Waals surface area contributed by atoms with Gasteiger partial charge < -0.3 is 10.5 Å². The lowest BCUT2D eigenvalue weighted by Crippen LogP contribution is -2.09. The van der Waals surface area contributed by atoms with Crippen LogP contribution in [0.5, 0.6) is 5.75 Å². The van der Waals surface area contributed by atoms with Crippen molar-refractivity contribution in [2.24, 2.45) is 0 Å². The van der Waals surface area contributed by atoms with Crippen molar-refractivity contribution < 1.29 is 9.53 Å². The van der Waals surface area contributed by atoms with E-state index in [1.807, 2.05) is 44.2 Å². The molecule has 0 amide bonds. The number of carbonyl (C=O) groups is 1. The van der Waals surface area contributed by atoms with Gasteiger partial charge in [-0.3, -0.25) is 4.79 Å². The summed E-state index contributed by atoms with van der Waals surface area (Å²) in [6, 6.07) is 14.6. The molecule has 0 atom stereocenters. The highest BCUT2D eigenvalue weighted by Crippen LogP contribution is 2.20. The number of ether oxygens (including phenoxy) is 1. The monoisotopic (exact) mass is 281 g/mol. The van der Waals surface area contributed by atoms with Crippen LogP contribution in [-0.4, -0.2) is 11.9 Å². The third kappa shape index (κ3) is 4.21. The lowest BCUT2D eigenvalue weighted by atomic mass is 10.1. The van der Waals surface area contributed by atoms with Gasteiger partial charge in [0.25, 0.3) is 0 Å². The summed E-state index contributed by atoms with van der Waals surface area (Å²) in [5.74, 6) is 0.530. The van der Waals surface area contributed by atoms with Crippen molar-refractivity contribution in [2.75, 3.05) is 5.73 Å². The Balaban J connectivity index is 2.18. The minimum absolute atomic E-state index is 0.0278. The Kier molecular flexibility index (Phi) is 4.77. The molecule has 0 saturated carbocycles. The van der Waals surface area contributed by atoms with Gasteiger partial charge in [0.2, 0.25) is 0 Å². The lowest BCUT2D eigenvalue weighted by Gasteiger charge is -2.12. The van der Waals surface area contributed by atoms with Crippen LogP contribution in [0.1, 0.15) is 29.8 Å². The smallest absolute Gasteiger partial charge is 0.189 e. The topological polar surface area (TPSA) is 52.3 Å². The number of allylic oxidation sites excluding steroid dienone is 1. The van der Waals surface area contributed by atoms with Crippen molar-refractivity contribution in [3.05, 3.63) is 65.7 Å². The van der Waals surface area contributed by atoms with Crippen LogP contribution >= 0.6 is 0 Å². The molecule has 0 saturated heterocycles. The number of rotatable bonds is 5. The van der Waals surface area contributed by atoms with E-state index < -0.39 is 0 Å². The van der Waals surface area contributed by atoms with E-state index in [2.05, 4.69) is 0 Å². The van der Waals surface area contributed by atoms with Gasteiger partial charge in [0.15, 0.2) is 5.78 Å². The van der Waals surface area contributed by atoms with Gasteiger partial charge in [0, 0.05) is 5.69 Å². The lowest BCUT2D eigenvalue weighted by molar-refractivity contribution is 0.104. The molecule has 3 nitrogen and oxygen atoms in total. The van der Waals surface area contributed by atoms with Gasteiger partial charge in [-0.05, 0) is 49.8 Å². The van der Waals surface area contributed by atoms with Gasteiger partial charge in [-0.1, -0.05) is 30.3 Å². The summed E-state index contributed by atoms with van der Waals surface area (Å²) < 4.78 is 5.66. The third-order valence-electron chi connectivity index (χ3n) is 2.88. The SMILES string of the molecule is CC(C)Oc1ccccc1C(=O)/C=C/c1ccc(N)cc1. The van der Waals surface area contributed by atoms with Gasteiger partial charge in [0.05, 0.1) is 11.7 Å². The molecule has 0 aliphatic carbocycles. The number of para-hydroxylation sites is 1. The second-order valence-electron chi connectivity index (χ2n) is 5.03. The molecule has 0 fully saturated rings. The van der Waals surface area contributed by atoms with Crippen LogP contribution in [0.15, 0.2) is 54.6 Å². The number of ketones is 1. The maximum absolute atomic E-state index is 12.3. The predicted molar refractivity (Wildman–Crippen MR) is 86.4 cm³/mol. The van der Waals surface area contributed by atoms with Crippen LogP contribution in [0.3, 0.4) is 0 Å². The molecule has 21 heavy (non-hydrogen) atoms. The van der Waals surface area contributed by atoms with E-state index in [1.54, 1.807) is 30.4 Å². The second-order valence-corrected chi connectivity index (χ2v) is 5.03. The van der Waals surface area contributed by atoms with Crippen molar-refractivity contribution in [1.29, 1.82) is 0 Å². The molecule has 0 radical (unpaired) electrons. The third-order valence-corrected chi connectivity index (χ3v) is 2.88. The fourth-order valence-corrected chi connectivity index (χ4v) is 1.90. The van der Waals surface area contributed by atoms with Gasteiger partial charge in [0.1, 0.15) is 5.75 Å². The molecule has 2 aromatic rings. The first-order valence-corrected chi connectivity index (χ1v) is 6.90. The number of hydrogen-bond acceptors (Lipinski definition) is 3. The first-order chi connectivity index (χ1) is 10.1. The molecule has 0 aliphatic heterocycles. The van der Waals surface area contributed by atoms with Gasteiger partial charge in [-0.25, -0.2) is 0 Å². The number of carbonyl (C=O) groups excluding carboxylic acids is 1. The van der Waals surface area contributed by atoms with Crippen LogP contribution in [-0.2, 0) is 0 Å². The molecule has 0 unspecified atom stereocenters. The standard InChI is InChI=1S/C18H19NO2/c1-13(2)21-18-6-4-3-5-16(18)17(20)12-9-14-7-10-15(19)11-8-14/h3-13H,19H2,1-2H3/b12-9+. The van der Waals surface area contributed by atoms with Gasteiger partial charge in [-0.2, -0.15) is 0 Å². The van der Waals surface area contributed by atoms with E-state index in [-0.39, 0.29) is 11.9 Å². The van der Waals surface area contributed by atoms with Crippen LogP contribution in [0.2, 0.25) is 0 Å². The van der Waals surface area contributed by atoms with E-state index >= 15 is 0 Å². The largest absolute Gasteiger partial charge is 0.490 e. The Morgan fingerprint density at radius 3 is 2.43 bits per heavy atom. The minimum Gasteiger partial charge on any atom is -0.490 e. The molecule has 108 valence electrons. The quantitative estimate of drug-likeness (QED) is 0.513. The Bertz CT molecular complexity index is 643.